The van der Waals surface area contributed by atoms with E-state index in [2.05, 4.69) is 224 Å². The molecular weight excluding hydrogens is 705 g/mol. The summed E-state index contributed by atoms with van der Waals surface area (Å²) in [5.41, 5.74) is 13.7. The molecule has 0 unspecified atom stereocenters. The number of anilines is 5. The lowest BCUT2D eigenvalue weighted by Gasteiger charge is -2.25. The molecule has 0 amide bonds. The Morgan fingerprint density at radius 1 is 0.621 bits per heavy atom. The van der Waals surface area contributed by atoms with Gasteiger partial charge in [-0.15, -0.1) is 0 Å². The molecule has 3 heteroatoms. The third-order valence-corrected chi connectivity index (χ3v) is 10.5. The van der Waals surface area contributed by atoms with Crippen LogP contribution in [0.1, 0.15) is 40.7 Å². The molecule has 0 aliphatic heterocycles. The van der Waals surface area contributed by atoms with Gasteiger partial charge in [-0.3, -0.25) is 0 Å². The number of hydrogen-bond acceptors (Lipinski definition) is 3. The first-order valence-electron chi connectivity index (χ1n) is 19.8. The lowest BCUT2D eigenvalue weighted by Crippen LogP contribution is -2.11. The van der Waals surface area contributed by atoms with Crippen LogP contribution in [0.2, 0.25) is 0 Å². The molecule has 3 nitrogen and oxygen atoms in total. The first-order valence-corrected chi connectivity index (χ1v) is 19.8. The molecule has 0 bridgehead atoms. The van der Waals surface area contributed by atoms with E-state index >= 15 is 0 Å². The lowest BCUT2D eigenvalue weighted by atomic mass is 9.92. The van der Waals surface area contributed by atoms with Crippen molar-refractivity contribution in [1.82, 2.24) is 0 Å². The minimum Gasteiger partial charge on any atom is -0.489 e. The predicted octanol–water partition coefficient (Wildman–Crippen LogP) is 14.7. The smallest absolute Gasteiger partial charge is 0.170 e. The van der Waals surface area contributed by atoms with Crippen LogP contribution >= 0.6 is 0 Å². The van der Waals surface area contributed by atoms with Crippen molar-refractivity contribution in [2.75, 3.05) is 16.9 Å². The van der Waals surface area contributed by atoms with Gasteiger partial charge in [-0.25, -0.2) is 0 Å². The second-order valence-corrected chi connectivity index (χ2v) is 14.5. The quantitative estimate of drug-likeness (QED) is 0.116. The standard InChI is InChI=1S/C55H46N2O/c1-41-22-29-48(30-23-41)57(49-31-24-42(2)25-32-49)50-33-26-43(27-34-50)14-10-11-19-46-28-39-55(53-21-13-12-20-52(46)53)56(47-35-37-51(58-3)38-36-47)40-54(44-15-6-4-7-16-44)45-17-8-5-9-18-45/h4-8,10-17,19-35,37,39-40H,9,18H2,1-3H3/b14-10+,19-11+,54-40-. The second kappa shape index (κ2) is 17.7. The summed E-state index contributed by atoms with van der Waals surface area (Å²) in [6, 6.07) is 60.4. The average molecular weight is 751 g/mol. The Morgan fingerprint density at radius 2 is 1.26 bits per heavy atom. The average Bonchev–Trinajstić information content (AvgIpc) is 3.28. The maximum Gasteiger partial charge on any atom is 0.170 e. The van der Waals surface area contributed by atoms with E-state index in [1.54, 1.807) is 7.11 Å². The fourth-order valence-corrected chi connectivity index (χ4v) is 7.37. The Kier molecular flexibility index (Phi) is 11.5. The van der Waals surface area contributed by atoms with E-state index in [4.69, 9.17) is 4.74 Å². The summed E-state index contributed by atoms with van der Waals surface area (Å²) in [5, 5.41) is 2.31. The van der Waals surface area contributed by atoms with Crippen LogP contribution in [0.3, 0.4) is 0 Å². The van der Waals surface area contributed by atoms with Gasteiger partial charge < -0.3 is 14.5 Å². The molecule has 58 heavy (non-hydrogen) atoms. The maximum atomic E-state index is 5.46. The molecule has 0 aromatic heterocycles. The molecule has 0 spiro atoms. The van der Waals surface area contributed by atoms with Gasteiger partial charge in [-0.1, -0.05) is 151 Å². The summed E-state index contributed by atoms with van der Waals surface area (Å²) in [7, 11) is 1.66. The van der Waals surface area contributed by atoms with Crippen molar-refractivity contribution in [2.24, 2.45) is 0 Å². The summed E-state index contributed by atoms with van der Waals surface area (Å²) in [4.78, 5) is 4.55. The SMILES string of the molecule is COc1c#cc(N(/C=C(\C2=CC=CCC2)c2ccccc2)c2ccc(/C=C/C=C/c3ccc(N(c4ccc(C)cc4)c4ccc(C)cc4)cc3)c3ccccc23)cc1. The number of allylic oxidation sites excluding steroid dienone is 7. The van der Waals surface area contributed by atoms with Gasteiger partial charge in [0.2, 0.25) is 0 Å². The normalized spacial score (nSPS) is 12.8. The number of methoxy groups -OCH3 is 1. The fraction of sp³-hybridized carbons (Fsp3) is 0.0909. The third kappa shape index (κ3) is 8.58. The molecule has 0 radical (unpaired) electrons. The summed E-state index contributed by atoms with van der Waals surface area (Å²) in [5.74, 6) is 0.650. The van der Waals surface area contributed by atoms with E-state index in [0.717, 1.165) is 57.8 Å². The van der Waals surface area contributed by atoms with E-state index in [1.807, 2.05) is 12.1 Å². The van der Waals surface area contributed by atoms with E-state index < -0.39 is 0 Å². The van der Waals surface area contributed by atoms with Gasteiger partial charge >= 0.3 is 0 Å². The molecule has 0 saturated heterocycles. The van der Waals surface area contributed by atoms with Crippen molar-refractivity contribution in [3.63, 3.8) is 0 Å². The highest BCUT2D eigenvalue weighted by Crippen LogP contribution is 2.39. The molecule has 0 atom stereocenters. The maximum absolute atomic E-state index is 5.46. The van der Waals surface area contributed by atoms with Crippen LogP contribution in [0, 0.1) is 26.0 Å². The molecule has 0 heterocycles. The summed E-state index contributed by atoms with van der Waals surface area (Å²) in [6.07, 6.45) is 19.5. The number of nitrogens with zero attached hydrogens (tertiary/aromatic N) is 2. The molecular formula is C55H46N2O. The van der Waals surface area contributed by atoms with Crippen LogP contribution in [0.15, 0.2) is 194 Å². The zero-order valence-corrected chi connectivity index (χ0v) is 33.3. The van der Waals surface area contributed by atoms with Crippen LogP contribution < -0.4 is 14.5 Å². The minimum absolute atomic E-state index is 0.650. The van der Waals surface area contributed by atoms with E-state index in [9.17, 15) is 0 Å². The third-order valence-electron chi connectivity index (χ3n) is 10.5. The van der Waals surface area contributed by atoms with Crippen molar-refractivity contribution in [2.45, 2.75) is 26.7 Å². The van der Waals surface area contributed by atoms with Gasteiger partial charge in [-0.05, 0) is 121 Å². The Bertz CT molecular complexity index is 2580. The van der Waals surface area contributed by atoms with Crippen LogP contribution in [-0.2, 0) is 0 Å². The van der Waals surface area contributed by atoms with Gasteiger partial charge in [0.05, 0.1) is 18.5 Å². The Labute approximate surface area is 343 Å². The van der Waals surface area contributed by atoms with Crippen LogP contribution in [-0.4, -0.2) is 7.11 Å². The number of ether oxygens (including phenoxy) is 1. The molecule has 1 aliphatic carbocycles. The zero-order chi connectivity index (χ0) is 39.7. The van der Waals surface area contributed by atoms with Crippen molar-refractivity contribution in [3.05, 3.63) is 234 Å². The molecule has 0 saturated carbocycles. The minimum atomic E-state index is 0.650. The molecule has 8 rings (SSSR count). The van der Waals surface area contributed by atoms with Crippen LogP contribution in [0.5, 0.6) is 5.75 Å². The lowest BCUT2D eigenvalue weighted by molar-refractivity contribution is 0.415. The number of rotatable bonds is 12. The fourth-order valence-electron chi connectivity index (χ4n) is 7.37. The number of aryl methyl sites for hydroxylation is 2. The Balaban J connectivity index is 1.10. The topological polar surface area (TPSA) is 15.7 Å². The highest BCUT2D eigenvalue weighted by Gasteiger charge is 2.17. The van der Waals surface area contributed by atoms with Gasteiger partial charge in [0.1, 0.15) is 0 Å². The highest BCUT2D eigenvalue weighted by atomic mass is 16.5. The first kappa shape index (κ1) is 37.6. The first-order chi connectivity index (χ1) is 28.5. The van der Waals surface area contributed by atoms with E-state index in [1.165, 1.54) is 33.2 Å². The molecule has 0 fully saturated rings. The molecule has 0 N–H and O–H groups in total. The Morgan fingerprint density at radius 3 is 1.88 bits per heavy atom. The van der Waals surface area contributed by atoms with Gasteiger partial charge in [-0.2, -0.15) is 0 Å². The Hall–Kier alpha value is -7.28. The molecule has 7 aromatic carbocycles. The van der Waals surface area contributed by atoms with Crippen molar-refractivity contribution >= 4 is 56.9 Å². The summed E-state index contributed by atoms with van der Waals surface area (Å²) in [6.45, 7) is 4.25. The largest absolute Gasteiger partial charge is 0.489 e. The van der Waals surface area contributed by atoms with E-state index in [-0.39, 0.29) is 0 Å². The van der Waals surface area contributed by atoms with Crippen molar-refractivity contribution in [3.8, 4) is 5.75 Å². The van der Waals surface area contributed by atoms with Crippen molar-refractivity contribution in [1.29, 1.82) is 0 Å². The highest BCUT2D eigenvalue weighted by molar-refractivity contribution is 6.02. The second-order valence-electron chi connectivity index (χ2n) is 14.5. The number of hydrogen-bond donors (Lipinski definition) is 0. The van der Waals surface area contributed by atoms with Crippen LogP contribution in [0.4, 0.5) is 28.4 Å². The van der Waals surface area contributed by atoms with Gasteiger partial charge in [0.15, 0.2) is 5.75 Å². The molecule has 7 aromatic rings. The van der Waals surface area contributed by atoms with E-state index in [0.29, 0.717) is 5.75 Å². The van der Waals surface area contributed by atoms with Crippen molar-refractivity contribution < 1.29 is 4.74 Å². The zero-order valence-electron chi connectivity index (χ0n) is 33.3. The monoisotopic (exact) mass is 750 g/mol. The van der Waals surface area contributed by atoms with Gasteiger partial charge in [0.25, 0.3) is 0 Å². The van der Waals surface area contributed by atoms with Gasteiger partial charge in [0, 0.05) is 34.2 Å². The van der Waals surface area contributed by atoms with Crippen LogP contribution in [0.25, 0.3) is 28.5 Å². The summed E-state index contributed by atoms with van der Waals surface area (Å²) >= 11 is 0. The predicted molar refractivity (Wildman–Crippen MR) is 246 cm³/mol. The number of fused-ring (bicyclic) bond motifs is 1. The summed E-state index contributed by atoms with van der Waals surface area (Å²) < 4.78 is 5.46. The number of benzene rings is 6. The molecule has 282 valence electrons. The molecule has 1 aliphatic rings.